The number of rotatable bonds is 6. The van der Waals surface area contributed by atoms with Gasteiger partial charge in [-0.25, -0.2) is 4.79 Å². The van der Waals surface area contributed by atoms with Crippen LogP contribution in [-0.4, -0.2) is 43.4 Å². The molecule has 0 bridgehead atoms. The van der Waals surface area contributed by atoms with Crippen molar-refractivity contribution in [3.8, 4) is 0 Å². The molecule has 0 atom stereocenters. The van der Waals surface area contributed by atoms with E-state index < -0.39 is 35.2 Å². The van der Waals surface area contributed by atoms with Crippen molar-refractivity contribution < 1.29 is 31.1 Å². The number of benzene rings is 1. The topological polar surface area (TPSA) is 82.2 Å². The fourth-order valence-corrected chi connectivity index (χ4v) is 2.26. The minimum atomic E-state index is -5.00. The van der Waals surface area contributed by atoms with Crippen molar-refractivity contribution in [3.63, 3.8) is 0 Å². The lowest BCUT2D eigenvalue weighted by molar-refractivity contribution is -0.143. The van der Waals surface area contributed by atoms with Crippen LogP contribution in [0.2, 0.25) is 0 Å². The third-order valence-electron chi connectivity index (χ3n) is 3.72. The molecule has 13 heteroatoms. The highest BCUT2D eigenvalue weighted by Gasteiger charge is 2.37. The number of amides is 2. The molecule has 30 heavy (non-hydrogen) atoms. The molecule has 0 aliphatic rings. The number of urea groups is 1. The quantitative estimate of drug-likeness (QED) is 0.474. The van der Waals surface area contributed by atoms with E-state index in [1.54, 1.807) is 17.2 Å². The van der Waals surface area contributed by atoms with Crippen molar-refractivity contribution in [1.29, 1.82) is 0 Å². The summed E-state index contributed by atoms with van der Waals surface area (Å²) in [5.41, 5.74) is -2.89. The molecule has 2 amide bonds. The van der Waals surface area contributed by atoms with Crippen LogP contribution in [-0.2, 0) is 12.4 Å². The van der Waals surface area contributed by atoms with Gasteiger partial charge in [0.05, 0.1) is 23.0 Å². The van der Waals surface area contributed by atoms with Crippen LogP contribution in [0, 0.1) is 0 Å². The molecule has 1 aromatic heterocycles. The smallest absolute Gasteiger partial charge is 0.376 e. The molecule has 0 saturated heterocycles. The number of aromatic nitrogens is 2. The van der Waals surface area contributed by atoms with Gasteiger partial charge in [0.2, 0.25) is 0 Å². The molecule has 0 fully saturated rings. The van der Waals surface area contributed by atoms with Gasteiger partial charge in [-0.05, 0) is 18.2 Å². The zero-order valence-electron chi connectivity index (χ0n) is 15.8. The predicted molar refractivity (Wildman–Crippen MR) is 98.3 cm³/mol. The highest BCUT2D eigenvalue weighted by Crippen LogP contribution is 2.37. The highest BCUT2D eigenvalue weighted by molar-refractivity contribution is 5.89. The van der Waals surface area contributed by atoms with Crippen LogP contribution >= 0.6 is 0 Å². The first-order valence-electron chi connectivity index (χ1n) is 8.44. The number of nitrogens with one attached hydrogen (secondary N) is 3. The van der Waals surface area contributed by atoms with Crippen molar-refractivity contribution in [2.75, 3.05) is 42.7 Å². The molecule has 0 unspecified atom stereocenters. The predicted octanol–water partition coefficient (Wildman–Crippen LogP) is 3.81. The number of anilines is 3. The van der Waals surface area contributed by atoms with Crippen molar-refractivity contribution in [1.82, 2.24) is 15.5 Å². The number of halogens is 6. The normalized spacial score (nSPS) is 11.7. The Balaban J connectivity index is 1.95. The molecule has 3 N–H and O–H groups in total. The van der Waals surface area contributed by atoms with Crippen LogP contribution in [0.5, 0.6) is 0 Å². The van der Waals surface area contributed by atoms with E-state index >= 15 is 0 Å². The Morgan fingerprint density at radius 1 is 0.967 bits per heavy atom. The standard InChI is InChI=1S/C17H18F6N6O/c1-29(2)13-8-14(28-26-9-13)24-3-4-25-15(30)27-12-6-10(16(18,19)20)5-11(7-12)17(21,22)23/h5-9H,3-4H2,1-2H3,(H,24,28)(H2,25,27,30). The van der Waals surface area contributed by atoms with E-state index in [2.05, 4.69) is 20.8 Å². The van der Waals surface area contributed by atoms with Crippen LogP contribution in [0.25, 0.3) is 0 Å². The number of alkyl halides is 6. The first kappa shape index (κ1) is 23.0. The molecule has 0 spiro atoms. The van der Waals surface area contributed by atoms with E-state index in [0.29, 0.717) is 18.0 Å². The Morgan fingerprint density at radius 2 is 1.57 bits per heavy atom. The Hall–Kier alpha value is -3.25. The van der Waals surface area contributed by atoms with Crippen molar-refractivity contribution >= 4 is 23.2 Å². The molecule has 0 radical (unpaired) electrons. The zero-order valence-corrected chi connectivity index (χ0v) is 15.8. The second kappa shape index (κ2) is 9.05. The van der Waals surface area contributed by atoms with Gasteiger partial charge in [0.1, 0.15) is 0 Å². The largest absolute Gasteiger partial charge is 0.416 e. The molecule has 2 rings (SSSR count). The van der Waals surface area contributed by atoms with E-state index in [-0.39, 0.29) is 19.2 Å². The van der Waals surface area contributed by atoms with Gasteiger partial charge < -0.3 is 20.9 Å². The lowest BCUT2D eigenvalue weighted by Gasteiger charge is -2.15. The SMILES string of the molecule is CN(C)c1cnnc(NCCNC(=O)Nc2cc(C(F)(F)F)cc(C(F)(F)F)c2)c1. The van der Waals surface area contributed by atoms with Gasteiger partial charge in [-0.3, -0.25) is 0 Å². The zero-order chi connectivity index (χ0) is 22.5. The lowest BCUT2D eigenvalue weighted by atomic mass is 10.1. The van der Waals surface area contributed by atoms with Crippen molar-refractivity contribution in [3.05, 3.63) is 41.6 Å². The number of nitrogens with zero attached hydrogens (tertiary/aromatic N) is 3. The summed E-state index contributed by atoms with van der Waals surface area (Å²) in [6.45, 7) is 0.209. The number of hydrogen-bond acceptors (Lipinski definition) is 5. The maximum Gasteiger partial charge on any atom is 0.416 e. The van der Waals surface area contributed by atoms with Gasteiger partial charge in [-0.15, -0.1) is 5.10 Å². The molecule has 7 nitrogen and oxygen atoms in total. The van der Waals surface area contributed by atoms with E-state index in [9.17, 15) is 31.1 Å². The molecule has 2 aromatic rings. The Kier molecular flexibility index (Phi) is 6.95. The molecule has 0 saturated carbocycles. The maximum atomic E-state index is 12.8. The van der Waals surface area contributed by atoms with E-state index in [0.717, 1.165) is 5.69 Å². The van der Waals surface area contributed by atoms with Crippen LogP contribution < -0.4 is 20.9 Å². The Bertz CT molecular complexity index is 852. The second-order valence-electron chi connectivity index (χ2n) is 6.30. The molecule has 1 aromatic carbocycles. The lowest BCUT2D eigenvalue weighted by Crippen LogP contribution is -2.33. The summed E-state index contributed by atoms with van der Waals surface area (Å²) >= 11 is 0. The van der Waals surface area contributed by atoms with E-state index in [1.807, 2.05) is 19.4 Å². The monoisotopic (exact) mass is 436 g/mol. The summed E-state index contributed by atoms with van der Waals surface area (Å²) in [5.74, 6) is 0.427. The summed E-state index contributed by atoms with van der Waals surface area (Å²) < 4.78 is 77.1. The molecule has 1 heterocycles. The van der Waals surface area contributed by atoms with E-state index in [1.165, 1.54) is 0 Å². The Labute approximate surface area is 167 Å². The summed E-state index contributed by atoms with van der Waals surface area (Å²) in [6, 6.07) is 1.58. The first-order valence-corrected chi connectivity index (χ1v) is 8.44. The third kappa shape index (κ3) is 6.67. The van der Waals surface area contributed by atoms with Crippen LogP contribution in [0.15, 0.2) is 30.5 Å². The molecule has 0 aliphatic carbocycles. The minimum Gasteiger partial charge on any atom is -0.376 e. The summed E-state index contributed by atoms with van der Waals surface area (Å²) in [5, 5.41) is 14.8. The van der Waals surface area contributed by atoms with Gasteiger partial charge in [-0.2, -0.15) is 31.4 Å². The van der Waals surface area contributed by atoms with Gasteiger partial charge in [0, 0.05) is 38.9 Å². The fourth-order valence-electron chi connectivity index (χ4n) is 2.26. The summed E-state index contributed by atoms with van der Waals surface area (Å²) in [4.78, 5) is 13.6. The maximum absolute atomic E-state index is 12.8. The average molecular weight is 436 g/mol. The van der Waals surface area contributed by atoms with Gasteiger partial charge in [0.25, 0.3) is 0 Å². The second-order valence-corrected chi connectivity index (χ2v) is 6.30. The van der Waals surface area contributed by atoms with Crippen molar-refractivity contribution in [2.24, 2.45) is 0 Å². The molecule has 0 aliphatic heterocycles. The van der Waals surface area contributed by atoms with Crippen LogP contribution in [0.4, 0.5) is 48.3 Å². The summed E-state index contributed by atoms with van der Waals surface area (Å²) in [7, 11) is 3.62. The third-order valence-corrected chi connectivity index (χ3v) is 3.72. The summed E-state index contributed by atoms with van der Waals surface area (Å²) in [6.07, 6.45) is -8.46. The van der Waals surface area contributed by atoms with Gasteiger partial charge in [0.15, 0.2) is 5.82 Å². The van der Waals surface area contributed by atoms with Crippen LogP contribution in [0.1, 0.15) is 11.1 Å². The average Bonchev–Trinajstić information content (AvgIpc) is 2.64. The molecular weight excluding hydrogens is 418 g/mol. The van der Waals surface area contributed by atoms with Crippen LogP contribution in [0.3, 0.4) is 0 Å². The molecular formula is C17H18F6N6O. The number of carbonyl (C=O) groups is 1. The number of hydrogen-bond donors (Lipinski definition) is 3. The minimum absolute atomic E-state index is 0.0180. The van der Waals surface area contributed by atoms with Gasteiger partial charge >= 0.3 is 18.4 Å². The van der Waals surface area contributed by atoms with E-state index in [4.69, 9.17) is 0 Å². The van der Waals surface area contributed by atoms with Crippen molar-refractivity contribution in [2.45, 2.75) is 12.4 Å². The highest BCUT2D eigenvalue weighted by atomic mass is 19.4. The first-order chi connectivity index (χ1) is 13.9. The number of carbonyl (C=O) groups excluding carboxylic acids is 1. The fraction of sp³-hybridized carbons (Fsp3) is 0.353. The molecule has 164 valence electrons. The van der Waals surface area contributed by atoms with Gasteiger partial charge in [-0.1, -0.05) is 0 Å². The Morgan fingerprint density at radius 3 is 2.10 bits per heavy atom.